The third-order valence-corrected chi connectivity index (χ3v) is 6.46. The third-order valence-electron chi connectivity index (χ3n) is 4.26. The predicted octanol–water partition coefficient (Wildman–Crippen LogP) is 3.76. The largest absolute Gasteiger partial charge is 0.243 e. The summed E-state index contributed by atoms with van der Waals surface area (Å²) in [4.78, 5) is 0.111. The van der Waals surface area contributed by atoms with Crippen LogP contribution in [0, 0.1) is 11.7 Å². The van der Waals surface area contributed by atoms with Crippen LogP contribution in [0.5, 0.6) is 0 Å². The molecule has 0 spiro atoms. The van der Waals surface area contributed by atoms with Crippen molar-refractivity contribution >= 4 is 21.6 Å². The highest BCUT2D eigenvalue weighted by atomic mass is 35.5. The summed E-state index contributed by atoms with van der Waals surface area (Å²) < 4.78 is 40.3. The molecule has 0 bridgehead atoms. The van der Waals surface area contributed by atoms with Crippen molar-refractivity contribution in [3.63, 3.8) is 0 Å². The first-order valence-electron chi connectivity index (χ1n) is 7.18. The second kappa shape index (κ2) is 6.63. The van der Waals surface area contributed by atoms with Gasteiger partial charge in [-0.2, -0.15) is 4.31 Å². The quantitative estimate of drug-likeness (QED) is 0.787. The van der Waals surface area contributed by atoms with Gasteiger partial charge in [-0.15, -0.1) is 11.6 Å². The number of halogens is 2. The summed E-state index contributed by atoms with van der Waals surface area (Å²) in [6.07, 6.45) is 3.95. The normalized spacial score (nSPS) is 23.5. The number of sulfonamides is 1. The minimum Gasteiger partial charge on any atom is -0.207 e. The average Bonchev–Trinajstić information content (AvgIpc) is 2.46. The fraction of sp³-hybridized carbons (Fsp3) is 0.600. The van der Waals surface area contributed by atoms with E-state index in [0.717, 1.165) is 25.7 Å². The minimum atomic E-state index is -3.60. The molecule has 6 heteroatoms. The van der Waals surface area contributed by atoms with Crippen LogP contribution in [-0.2, 0) is 15.9 Å². The van der Waals surface area contributed by atoms with Crippen molar-refractivity contribution in [1.82, 2.24) is 4.31 Å². The number of hydrogen-bond donors (Lipinski definition) is 0. The molecule has 21 heavy (non-hydrogen) atoms. The van der Waals surface area contributed by atoms with Gasteiger partial charge in [-0.3, -0.25) is 0 Å². The van der Waals surface area contributed by atoms with Crippen molar-refractivity contribution in [3.8, 4) is 0 Å². The summed E-state index contributed by atoms with van der Waals surface area (Å²) in [5, 5.41) is 0. The Morgan fingerprint density at radius 1 is 1.38 bits per heavy atom. The number of benzene rings is 1. The number of rotatable bonds is 4. The average molecular weight is 334 g/mol. The molecular weight excluding hydrogens is 313 g/mol. The SMILES string of the molecule is CC1CCCC(N(C)S(=O)(=O)c2ccc(F)c(CCl)c2)C1. The van der Waals surface area contributed by atoms with Gasteiger partial charge in [0, 0.05) is 18.7 Å². The van der Waals surface area contributed by atoms with Gasteiger partial charge in [-0.1, -0.05) is 19.8 Å². The summed E-state index contributed by atoms with van der Waals surface area (Å²) in [6, 6.07) is 3.83. The molecule has 118 valence electrons. The van der Waals surface area contributed by atoms with E-state index in [1.54, 1.807) is 7.05 Å². The maximum absolute atomic E-state index is 13.5. The Bertz CT molecular complexity index is 606. The molecule has 1 aliphatic rings. The molecule has 0 heterocycles. The van der Waals surface area contributed by atoms with Crippen molar-refractivity contribution in [3.05, 3.63) is 29.6 Å². The van der Waals surface area contributed by atoms with Crippen LogP contribution in [0.25, 0.3) is 0 Å². The van der Waals surface area contributed by atoms with Crippen LogP contribution in [0.1, 0.15) is 38.2 Å². The zero-order valence-corrected chi connectivity index (χ0v) is 13.9. The Balaban J connectivity index is 2.28. The van der Waals surface area contributed by atoms with Gasteiger partial charge in [0.15, 0.2) is 0 Å². The number of nitrogens with zero attached hydrogens (tertiary/aromatic N) is 1. The first-order chi connectivity index (χ1) is 9.86. The Kier molecular flexibility index (Phi) is 5.28. The van der Waals surface area contributed by atoms with Gasteiger partial charge in [-0.25, -0.2) is 12.8 Å². The highest BCUT2D eigenvalue weighted by Gasteiger charge is 2.31. The lowest BCUT2D eigenvalue weighted by molar-refractivity contribution is 0.239. The minimum absolute atomic E-state index is 0.0169. The second-order valence-corrected chi connectivity index (χ2v) is 8.10. The predicted molar refractivity (Wildman–Crippen MR) is 82.3 cm³/mol. The molecule has 3 nitrogen and oxygen atoms in total. The molecule has 0 aromatic heterocycles. The van der Waals surface area contributed by atoms with Crippen LogP contribution in [0.15, 0.2) is 23.1 Å². The molecule has 1 fully saturated rings. The van der Waals surface area contributed by atoms with E-state index in [1.807, 2.05) is 0 Å². The molecule has 1 aromatic rings. The lowest BCUT2D eigenvalue weighted by Gasteiger charge is -2.33. The summed E-state index contributed by atoms with van der Waals surface area (Å²) in [7, 11) is -1.99. The van der Waals surface area contributed by atoms with Gasteiger partial charge >= 0.3 is 0 Å². The molecule has 1 aromatic carbocycles. The van der Waals surface area contributed by atoms with Crippen LogP contribution in [0.4, 0.5) is 4.39 Å². The van der Waals surface area contributed by atoms with E-state index in [-0.39, 0.29) is 22.4 Å². The lowest BCUT2D eigenvalue weighted by atomic mass is 9.87. The third kappa shape index (κ3) is 3.58. The fourth-order valence-corrected chi connectivity index (χ4v) is 4.56. The summed E-state index contributed by atoms with van der Waals surface area (Å²) in [5.74, 6) is 0.0187. The zero-order valence-electron chi connectivity index (χ0n) is 12.4. The van der Waals surface area contributed by atoms with Gasteiger partial charge in [0.25, 0.3) is 0 Å². The maximum Gasteiger partial charge on any atom is 0.243 e. The van der Waals surface area contributed by atoms with E-state index in [0.29, 0.717) is 5.92 Å². The van der Waals surface area contributed by atoms with Gasteiger partial charge in [0.1, 0.15) is 5.82 Å². The van der Waals surface area contributed by atoms with E-state index in [9.17, 15) is 12.8 Å². The molecular formula is C15H21ClFNO2S. The first-order valence-corrected chi connectivity index (χ1v) is 9.16. The van der Waals surface area contributed by atoms with Gasteiger partial charge in [-0.05, 0) is 37.0 Å². The molecule has 2 rings (SSSR count). The van der Waals surface area contributed by atoms with Crippen molar-refractivity contribution in [1.29, 1.82) is 0 Å². The molecule has 0 saturated heterocycles. The molecule has 0 radical (unpaired) electrons. The van der Waals surface area contributed by atoms with Gasteiger partial charge in [0.2, 0.25) is 10.0 Å². The molecule has 0 amide bonds. The Hall–Kier alpha value is -0.650. The molecule has 0 aliphatic heterocycles. The Morgan fingerprint density at radius 3 is 2.71 bits per heavy atom. The van der Waals surface area contributed by atoms with Crippen molar-refractivity contribution < 1.29 is 12.8 Å². The zero-order chi connectivity index (χ0) is 15.6. The summed E-state index contributed by atoms with van der Waals surface area (Å²) in [6.45, 7) is 2.15. The van der Waals surface area contributed by atoms with Crippen molar-refractivity contribution in [2.45, 2.75) is 49.4 Å². The van der Waals surface area contributed by atoms with E-state index >= 15 is 0 Å². The van der Waals surface area contributed by atoms with Crippen LogP contribution in [0.2, 0.25) is 0 Å². The topological polar surface area (TPSA) is 37.4 Å². The molecule has 1 aliphatic carbocycles. The second-order valence-electron chi connectivity index (χ2n) is 5.83. The van der Waals surface area contributed by atoms with Gasteiger partial charge < -0.3 is 0 Å². The van der Waals surface area contributed by atoms with E-state index in [2.05, 4.69) is 6.92 Å². The highest BCUT2D eigenvalue weighted by Crippen LogP contribution is 2.30. The molecule has 1 saturated carbocycles. The number of hydrogen-bond acceptors (Lipinski definition) is 2. The van der Waals surface area contributed by atoms with Crippen LogP contribution in [-0.4, -0.2) is 25.8 Å². The Morgan fingerprint density at radius 2 is 2.10 bits per heavy atom. The molecule has 2 atom stereocenters. The molecule has 2 unspecified atom stereocenters. The van der Waals surface area contributed by atoms with E-state index in [1.165, 1.54) is 22.5 Å². The Labute approximate surface area is 131 Å². The lowest BCUT2D eigenvalue weighted by Crippen LogP contribution is -2.39. The standard InChI is InChI=1S/C15H21ClFNO2S/c1-11-4-3-5-13(8-11)18(2)21(19,20)14-6-7-15(17)12(9-14)10-16/h6-7,9,11,13H,3-5,8,10H2,1-2H3. The van der Waals surface area contributed by atoms with Crippen LogP contribution >= 0.6 is 11.6 Å². The van der Waals surface area contributed by atoms with E-state index in [4.69, 9.17) is 11.6 Å². The first kappa shape index (κ1) is 16.7. The smallest absolute Gasteiger partial charge is 0.207 e. The van der Waals surface area contributed by atoms with Gasteiger partial charge in [0.05, 0.1) is 10.8 Å². The van der Waals surface area contributed by atoms with Crippen LogP contribution in [0.3, 0.4) is 0 Å². The van der Waals surface area contributed by atoms with Crippen molar-refractivity contribution in [2.24, 2.45) is 5.92 Å². The molecule has 0 N–H and O–H groups in total. The number of alkyl halides is 1. The fourth-order valence-electron chi connectivity index (χ4n) is 2.91. The van der Waals surface area contributed by atoms with Crippen LogP contribution < -0.4 is 0 Å². The monoisotopic (exact) mass is 333 g/mol. The van der Waals surface area contributed by atoms with Crippen molar-refractivity contribution in [2.75, 3.05) is 7.05 Å². The summed E-state index contributed by atoms with van der Waals surface area (Å²) >= 11 is 5.65. The van der Waals surface area contributed by atoms with E-state index < -0.39 is 15.8 Å². The summed E-state index contributed by atoms with van der Waals surface area (Å²) in [5.41, 5.74) is 0.211. The maximum atomic E-state index is 13.5. The highest BCUT2D eigenvalue weighted by molar-refractivity contribution is 7.89.